The minimum atomic E-state index is 0.923. The van der Waals surface area contributed by atoms with E-state index in [2.05, 4.69) is 33.4 Å². The zero-order valence-electron chi connectivity index (χ0n) is 9.00. The molecule has 1 aliphatic rings. The highest BCUT2D eigenvalue weighted by Crippen LogP contribution is 2.28. The minimum Gasteiger partial charge on any atom is -0.471 e. The molecule has 3 rings (SSSR count). The maximum atomic E-state index is 5.25. The molecule has 0 spiro atoms. The molecule has 84 valence electrons. The molecule has 0 unspecified atom stereocenters. The van der Waals surface area contributed by atoms with Crippen molar-refractivity contribution in [1.29, 1.82) is 0 Å². The predicted octanol–water partition coefficient (Wildman–Crippen LogP) is 3.69. The lowest BCUT2D eigenvalue weighted by molar-refractivity contribution is 0.572. The number of hydrogen-bond acceptors (Lipinski definition) is 2. The lowest BCUT2D eigenvalue weighted by Gasteiger charge is -2.05. The first-order valence-electron chi connectivity index (χ1n) is 5.68. The fourth-order valence-corrected chi connectivity index (χ4v) is 2.52. The molecule has 1 saturated carbocycles. The third-order valence-electron chi connectivity index (χ3n) is 3.09. The molecule has 1 N–H and O–H groups in total. The molecule has 0 radical (unpaired) electrons. The van der Waals surface area contributed by atoms with Gasteiger partial charge in [-0.3, -0.25) is 0 Å². The summed E-state index contributed by atoms with van der Waals surface area (Å²) in [7, 11) is 0. The summed E-state index contributed by atoms with van der Waals surface area (Å²) in [6, 6.07) is 4.25. The zero-order valence-corrected chi connectivity index (χ0v) is 10.6. The van der Waals surface area contributed by atoms with Gasteiger partial charge in [-0.25, -0.2) is 0 Å². The van der Waals surface area contributed by atoms with E-state index in [1.807, 2.05) is 6.26 Å². The molecule has 1 aromatic carbocycles. The van der Waals surface area contributed by atoms with Crippen molar-refractivity contribution in [2.24, 2.45) is 5.92 Å². The molecule has 0 bridgehead atoms. The fourth-order valence-electron chi connectivity index (χ4n) is 1.99. The van der Waals surface area contributed by atoms with Crippen molar-refractivity contribution in [3.8, 4) is 0 Å². The molecule has 1 aromatic heterocycles. The van der Waals surface area contributed by atoms with E-state index in [1.165, 1.54) is 23.8 Å². The van der Waals surface area contributed by atoms with Crippen molar-refractivity contribution in [3.05, 3.63) is 34.7 Å². The quantitative estimate of drug-likeness (QED) is 0.923. The van der Waals surface area contributed by atoms with Gasteiger partial charge >= 0.3 is 0 Å². The highest BCUT2D eigenvalue weighted by Gasteiger charge is 2.20. The maximum Gasteiger partial charge on any atom is 0.0984 e. The van der Waals surface area contributed by atoms with Crippen LogP contribution in [0.25, 0.3) is 10.8 Å². The Hall–Kier alpha value is -0.800. The number of benzene rings is 1. The average molecular weight is 280 g/mol. The summed E-state index contributed by atoms with van der Waals surface area (Å²) in [5.41, 5.74) is 1.30. The molecule has 2 aromatic rings. The van der Waals surface area contributed by atoms with Gasteiger partial charge in [0.05, 0.1) is 12.5 Å². The van der Waals surface area contributed by atoms with E-state index >= 15 is 0 Å². The van der Waals surface area contributed by atoms with Crippen LogP contribution >= 0.6 is 15.9 Å². The van der Waals surface area contributed by atoms with Crippen molar-refractivity contribution in [1.82, 2.24) is 5.32 Å². The number of nitrogens with one attached hydrogen (secondary N) is 1. The van der Waals surface area contributed by atoms with Gasteiger partial charge in [-0.2, -0.15) is 0 Å². The van der Waals surface area contributed by atoms with Crippen LogP contribution in [0.4, 0.5) is 0 Å². The minimum absolute atomic E-state index is 0.923. The zero-order chi connectivity index (χ0) is 11.0. The van der Waals surface area contributed by atoms with Gasteiger partial charge in [0.25, 0.3) is 0 Å². The van der Waals surface area contributed by atoms with E-state index in [1.54, 1.807) is 6.26 Å². The van der Waals surface area contributed by atoms with Gasteiger partial charge < -0.3 is 9.73 Å². The molecular weight excluding hydrogens is 266 g/mol. The molecule has 1 heterocycles. The van der Waals surface area contributed by atoms with Gasteiger partial charge in [0, 0.05) is 21.8 Å². The monoisotopic (exact) mass is 279 g/mol. The van der Waals surface area contributed by atoms with Crippen molar-refractivity contribution in [3.63, 3.8) is 0 Å². The Balaban J connectivity index is 1.80. The topological polar surface area (TPSA) is 25.2 Å². The summed E-state index contributed by atoms with van der Waals surface area (Å²) < 4.78 is 6.37. The smallest absolute Gasteiger partial charge is 0.0984 e. The van der Waals surface area contributed by atoms with Crippen LogP contribution in [0, 0.1) is 5.92 Å². The average Bonchev–Trinajstić information content (AvgIpc) is 2.95. The van der Waals surface area contributed by atoms with E-state index < -0.39 is 0 Å². The summed E-state index contributed by atoms with van der Waals surface area (Å²) in [5.74, 6) is 0.923. The van der Waals surface area contributed by atoms with E-state index in [0.29, 0.717) is 0 Å². The Morgan fingerprint density at radius 2 is 2.19 bits per heavy atom. The lowest BCUT2D eigenvalue weighted by atomic mass is 10.1. The molecule has 0 saturated heterocycles. The first-order valence-corrected chi connectivity index (χ1v) is 6.47. The van der Waals surface area contributed by atoms with Gasteiger partial charge in [0.2, 0.25) is 0 Å². The van der Waals surface area contributed by atoms with Crippen LogP contribution < -0.4 is 5.32 Å². The van der Waals surface area contributed by atoms with Crippen molar-refractivity contribution >= 4 is 26.7 Å². The maximum absolute atomic E-state index is 5.25. The van der Waals surface area contributed by atoms with Gasteiger partial charge in [0.1, 0.15) is 0 Å². The largest absolute Gasteiger partial charge is 0.471 e. The van der Waals surface area contributed by atoms with E-state index in [-0.39, 0.29) is 0 Å². The molecule has 0 amide bonds. The third kappa shape index (κ3) is 2.15. The molecule has 0 atom stereocenters. The Kier molecular flexibility index (Phi) is 2.74. The van der Waals surface area contributed by atoms with E-state index in [0.717, 1.165) is 28.9 Å². The third-order valence-corrected chi connectivity index (χ3v) is 3.55. The lowest BCUT2D eigenvalue weighted by Crippen LogP contribution is -2.16. The van der Waals surface area contributed by atoms with Crippen LogP contribution in [-0.4, -0.2) is 6.54 Å². The highest BCUT2D eigenvalue weighted by molar-refractivity contribution is 9.10. The standard InChI is InChI=1S/C13H14BrNO/c14-12-3-10(6-15-5-9-1-2-9)13-8-16-7-11(13)4-12/h3-4,7-9,15H,1-2,5-6H2. The highest BCUT2D eigenvalue weighted by atomic mass is 79.9. The Morgan fingerprint density at radius 1 is 1.31 bits per heavy atom. The molecule has 3 heteroatoms. The van der Waals surface area contributed by atoms with Crippen molar-refractivity contribution in [2.75, 3.05) is 6.54 Å². The normalized spacial score (nSPS) is 15.8. The van der Waals surface area contributed by atoms with Crippen LogP contribution in [0.5, 0.6) is 0 Å². The first-order chi connectivity index (χ1) is 7.83. The SMILES string of the molecule is Brc1cc(CNCC2CC2)c2cocc2c1. The molecule has 0 aliphatic heterocycles. The van der Waals surface area contributed by atoms with Crippen molar-refractivity contribution in [2.45, 2.75) is 19.4 Å². The van der Waals surface area contributed by atoms with Gasteiger partial charge in [0.15, 0.2) is 0 Å². The van der Waals surface area contributed by atoms with Gasteiger partial charge in [-0.15, -0.1) is 0 Å². The molecule has 1 fully saturated rings. The Morgan fingerprint density at radius 3 is 3.00 bits per heavy atom. The fraction of sp³-hybridized carbons (Fsp3) is 0.385. The van der Waals surface area contributed by atoms with Crippen molar-refractivity contribution < 1.29 is 4.42 Å². The second-order valence-corrected chi connectivity index (χ2v) is 5.43. The van der Waals surface area contributed by atoms with Crippen LogP contribution in [-0.2, 0) is 6.54 Å². The van der Waals surface area contributed by atoms with Crippen LogP contribution in [0.1, 0.15) is 18.4 Å². The Bertz CT molecular complexity index is 502. The van der Waals surface area contributed by atoms with Crippen LogP contribution in [0.2, 0.25) is 0 Å². The number of fused-ring (bicyclic) bond motifs is 1. The summed E-state index contributed by atoms with van der Waals surface area (Å²) in [4.78, 5) is 0. The van der Waals surface area contributed by atoms with Gasteiger partial charge in [-0.1, -0.05) is 15.9 Å². The number of halogens is 1. The first kappa shape index (κ1) is 10.4. The molecule has 2 nitrogen and oxygen atoms in total. The number of furan rings is 1. The summed E-state index contributed by atoms with van der Waals surface area (Å²) in [6.07, 6.45) is 6.42. The van der Waals surface area contributed by atoms with E-state index in [4.69, 9.17) is 4.42 Å². The predicted molar refractivity (Wildman–Crippen MR) is 68.3 cm³/mol. The summed E-state index contributed by atoms with van der Waals surface area (Å²) in [6.45, 7) is 2.07. The van der Waals surface area contributed by atoms with Gasteiger partial charge in [-0.05, 0) is 43.0 Å². The van der Waals surface area contributed by atoms with E-state index in [9.17, 15) is 0 Å². The summed E-state index contributed by atoms with van der Waals surface area (Å²) >= 11 is 3.53. The summed E-state index contributed by atoms with van der Waals surface area (Å²) in [5, 5.41) is 5.89. The molecule has 16 heavy (non-hydrogen) atoms. The second kappa shape index (κ2) is 4.22. The molecular formula is C13H14BrNO. The van der Waals surface area contributed by atoms with Crippen LogP contribution in [0.15, 0.2) is 33.5 Å². The molecule has 1 aliphatic carbocycles. The van der Waals surface area contributed by atoms with Crippen LogP contribution in [0.3, 0.4) is 0 Å². The number of hydrogen-bond donors (Lipinski definition) is 1. The second-order valence-electron chi connectivity index (χ2n) is 4.51. The number of rotatable bonds is 4. The Labute approximate surface area is 103 Å².